The molecule has 0 aliphatic rings. The van der Waals surface area contributed by atoms with Crippen LogP contribution >= 0.6 is 0 Å². The predicted molar refractivity (Wildman–Crippen MR) is 38.6 cm³/mol. The van der Waals surface area contributed by atoms with E-state index in [1.165, 1.54) is 7.05 Å². The Labute approximate surface area is 62.4 Å². The second-order valence-electron chi connectivity index (χ2n) is 2.20. The summed E-state index contributed by atoms with van der Waals surface area (Å²) in [4.78, 5) is 22.5. The molecule has 1 amide bonds. The minimum atomic E-state index is -0.820. The van der Waals surface area contributed by atoms with Crippen LogP contribution in [0.4, 0.5) is 0 Å². The van der Waals surface area contributed by atoms with Crippen LogP contribution in [0.5, 0.6) is 0 Å². The number of Topliss-reactive ketones (excluding diaryl/α,β-unsaturated/α-hetero) is 1. The van der Waals surface area contributed by atoms with Crippen molar-refractivity contribution in [2.24, 2.45) is 0 Å². The Morgan fingerprint density at radius 3 is 2.70 bits per heavy atom. The molecule has 0 bridgehead atoms. The zero-order chi connectivity index (χ0) is 9.02. The molecule has 0 aliphatic heterocycles. The van der Waals surface area contributed by atoms with Gasteiger partial charge in [-0.15, -0.1) is 0 Å². The zero-order valence-corrected chi connectivity index (χ0v) is 6.55. The van der Waals surface area contributed by atoms with Crippen molar-refractivity contribution in [1.82, 2.24) is 4.90 Å². The Hall–Kier alpha value is -0.860. The molecule has 0 saturated carbocycles. The number of hydrogen-bond donors (Lipinski definition) is 0. The second kappa shape index (κ2) is 4.04. The molecule has 1 atom stereocenters. The second-order valence-corrected chi connectivity index (χ2v) is 2.20. The van der Waals surface area contributed by atoms with Gasteiger partial charge >= 0.3 is 0 Å². The first-order chi connectivity index (χ1) is 5.00. The zero-order valence-electron chi connectivity index (χ0n) is 7.55. The first-order valence-corrected chi connectivity index (χ1v) is 3.26. The van der Waals surface area contributed by atoms with Crippen molar-refractivity contribution in [1.29, 1.82) is 0 Å². The summed E-state index contributed by atoms with van der Waals surface area (Å²) >= 11 is 0. The molecule has 58 valence electrons. The molecule has 0 fully saturated rings. The Kier molecular flexibility index (Phi) is 2.93. The third kappa shape index (κ3) is 2.17. The monoisotopic (exact) mass is 144 g/mol. The number of carbonyl (C=O) groups is 2. The van der Waals surface area contributed by atoms with Crippen LogP contribution in [0.15, 0.2) is 0 Å². The van der Waals surface area contributed by atoms with E-state index < -0.39 is 12.4 Å². The van der Waals surface area contributed by atoms with Crippen LogP contribution in [-0.2, 0) is 9.59 Å². The molecule has 1 unspecified atom stereocenters. The summed E-state index contributed by atoms with van der Waals surface area (Å²) in [7, 11) is 1.45. The first kappa shape index (κ1) is 7.25. The van der Waals surface area contributed by atoms with Crippen LogP contribution in [0, 0.1) is 0 Å². The number of carbonyl (C=O) groups excluding carboxylic acids is 2. The number of hydrogen-bond acceptors (Lipinski definition) is 2. The molecule has 0 aromatic rings. The largest absolute Gasteiger partial charge is 0.339 e. The van der Waals surface area contributed by atoms with Crippen LogP contribution in [0.2, 0.25) is 0 Å². The lowest BCUT2D eigenvalue weighted by atomic mass is 10.1. The van der Waals surface area contributed by atoms with E-state index in [9.17, 15) is 9.59 Å². The van der Waals surface area contributed by atoms with Crippen LogP contribution in [0.25, 0.3) is 0 Å². The number of nitrogens with zero attached hydrogens (tertiary/aromatic N) is 1. The average molecular weight is 144 g/mol. The highest BCUT2D eigenvalue weighted by molar-refractivity contribution is 5.84. The molecule has 0 rings (SSSR count). The molecule has 10 heavy (non-hydrogen) atoms. The predicted octanol–water partition coefficient (Wildman–Crippen LogP) is 0.442. The highest BCUT2D eigenvalue weighted by Crippen LogP contribution is 1.96. The molecule has 0 heterocycles. The third-order valence-corrected chi connectivity index (χ3v) is 1.54. The van der Waals surface area contributed by atoms with Gasteiger partial charge in [0.25, 0.3) is 0 Å². The van der Waals surface area contributed by atoms with Crippen molar-refractivity contribution in [3.8, 4) is 0 Å². The standard InChI is InChI=1S/C7H13NO2/c1-4-7(10)6(2)8(3)5-9/h5-6H,4H2,1-3H3/i5D. The fourth-order valence-electron chi connectivity index (χ4n) is 0.590. The quantitative estimate of drug-likeness (QED) is 0.539. The summed E-state index contributed by atoms with van der Waals surface area (Å²) in [6.45, 7) is 3.36. The van der Waals surface area contributed by atoms with Crippen molar-refractivity contribution in [2.75, 3.05) is 7.05 Å². The summed E-state index contributed by atoms with van der Waals surface area (Å²) in [6, 6.07) is -0.468. The van der Waals surface area contributed by atoms with Gasteiger partial charge in [-0.25, -0.2) is 0 Å². The Morgan fingerprint density at radius 1 is 1.90 bits per heavy atom. The summed E-state index contributed by atoms with van der Waals surface area (Å²) in [6.07, 6.45) is -0.419. The van der Waals surface area contributed by atoms with Gasteiger partial charge in [0.05, 0.1) is 6.04 Å². The van der Waals surface area contributed by atoms with Crippen LogP contribution in [0.3, 0.4) is 0 Å². The summed E-state index contributed by atoms with van der Waals surface area (Å²) in [5.74, 6) is -0.0203. The van der Waals surface area contributed by atoms with E-state index in [0.29, 0.717) is 6.42 Å². The van der Waals surface area contributed by atoms with Gasteiger partial charge in [0.2, 0.25) is 6.39 Å². The first-order valence-electron chi connectivity index (χ1n) is 3.76. The number of ketones is 1. The summed E-state index contributed by atoms with van der Waals surface area (Å²) in [5, 5.41) is 0. The molecule has 0 aromatic heterocycles. The van der Waals surface area contributed by atoms with Gasteiger partial charge in [0.15, 0.2) is 5.78 Å². The molecular formula is C7H13NO2. The van der Waals surface area contributed by atoms with Crippen molar-refractivity contribution in [3.05, 3.63) is 0 Å². The lowest BCUT2D eigenvalue weighted by Crippen LogP contribution is -2.34. The summed E-state index contributed by atoms with van der Waals surface area (Å²) in [5.41, 5.74) is 0. The van der Waals surface area contributed by atoms with Crippen LogP contribution in [0.1, 0.15) is 21.6 Å². The molecule has 3 heteroatoms. The molecule has 0 aliphatic carbocycles. The van der Waals surface area contributed by atoms with Gasteiger partial charge in [-0.05, 0) is 6.92 Å². The van der Waals surface area contributed by atoms with Gasteiger partial charge < -0.3 is 4.90 Å². The fraction of sp³-hybridized carbons (Fsp3) is 0.714. The van der Waals surface area contributed by atoms with Crippen molar-refractivity contribution in [3.63, 3.8) is 0 Å². The molecule has 0 radical (unpaired) electrons. The molecule has 0 N–H and O–H groups in total. The molecule has 0 aromatic carbocycles. The number of rotatable bonds is 3. The van der Waals surface area contributed by atoms with E-state index in [-0.39, 0.29) is 5.78 Å². The van der Waals surface area contributed by atoms with Crippen molar-refractivity contribution < 1.29 is 11.0 Å². The lowest BCUT2D eigenvalue weighted by molar-refractivity contribution is -0.129. The smallest absolute Gasteiger partial charge is 0.210 e. The fourth-order valence-corrected chi connectivity index (χ4v) is 0.590. The van der Waals surface area contributed by atoms with Gasteiger partial charge in [-0.1, -0.05) is 6.92 Å². The molecule has 0 spiro atoms. The number of likely N-dealkylation sites (N-methyl/N-ethyl adjacent to an activating group) is 1. The van der Waals surface area contributed by atoms with E-state index >= 15 is 0 Å². The molecular weight excluding hydrogens is 130 g/mol. The maximum Gasteiger partial charge on any atom is 0.210 e. The van der Waals surface area contributed by atoms with Crippen molar-refractivity contribution >= 4 is 12.2 Å². The highest BCUT2D eigenvalue weighted by Gasteiger charge is 2.13. The molecule has 3 nitrogen and oxygen atoms in total. The van der Waals surface area contributed by atoms with E-state index in [1.54, 1.807) is 13.8 Å². The Bertz CT molecular complexity index is 170. The Balaban J connectivity index is 4.12. The maximum atomic E-state index is 11.0. The SMILES string of the molecule is [2H]C(=O)N(C)C(C)C(=O)CC. The van der Waals surface area contributed by atoms with Crippen LogP contribution < -0.4 is 0 Å². The normalized spacial score (nSPS) is 13.7. The highest BCUT2D eigenvalue weighted by atomic mass is 16.1. The number of amides is 1. The lowest BCUT2D eigenvalue weighted by Gasteiger charge is -2.17. The van der Waals surface area contributed by atoms with Gasteiger partial charge in [0.1, 0.15) is 1.37 Å². The van der Waals surface area contributed by atoms with Crippen LogP contribution in [-0.4, -0.2) is 30.2 Å². The summed E-state index contributed by atoms with van der Waals surface area (Å²) < 4.78 is 6.72. The van der Waals surface area contributed by atoms with Gasteiger partial charge in [-0.2, -0.15) is 0 Å². The topological polar surface area (TPSA) is 37.4 Å². The average Bonchev–Trinajstić information content (AvgIpc) is 2.00. The Morgan fingerprint density at radius 2 is 2.40 bits per heavy atom. The molecule has 0 saturated heterocycles. The van der Waals surface area contributed by atoms with E-state index in [2.05, 4.69) is 0 Å². The minimum absolute atomic E-state index is 0.0203. The maximum absolute atomic E-state index is 11.0. The van der Waals surface area contributed by atoms with E-state index in [0.717, 1.165) is 4.90 Å². The van der Waals surface area contributed by atoms with Crippen molar-refractivity contribution in [2.45, 2.75) is 26.3 Å². The van der Waals surface area contributed by atoms with Gasteiger partial charge in [-0.3, -0.25) is 9.59 Å². The van der Waals surface area contributed by atoms with Gasteiger partial charge in [0, 0.05) is 13.5 Å². The van der Waals surface area contributed by atoms with E-state index in [4.69, 9.17) is 1.37 Å². The van der Waals surface area contributed by atoms with E-state index in [1.807, 2.05) is 0 Å². The third-order valence-electron chi connectivity index (χ3n) is 1.54. The minimum Gasteiger partial charge on any atom is -0.339 e.